The van der Waals surface area contributed by atoms with Gasteiger partial charge in [-0.3, -0.25) is 0 Å². The van der Waals surface area contributed by atoms with E-state index in [-0.39, 0.29) is 5.41 Å². The normalized spacial score (nSPS) is 11.3. The Balaban J connectivity index is 2.97. The van der Waals surface area contributed by atoms with Crippen molar-refractivity contribution in [3.63, 3.8) is 0 Å². The van der Waals surface area contributed by atoms with Crippen molar-refractivity contribution in [3.05, 3.63) is 29.8 Å². The number of nitrogens with two attached hydrogens (primary N) is 1. The van der Waals surface area contributed by atoms with Gasteiger partial charge in [0.2, 0.25) is 0 Å². The molecule has 0 aliphatic rings. The number of carbonyl (C=O) groups excluding carboxylic acids is 1. The maximum Gasteiger partial charge on any atom is 0.139 e. The molecule has 0 radical (unpaired) electrons. The largest absolute Gasteiger partial charge is 0.399 e. The number of hydrogen-bond donors (Lipinski definition) is 1. The van der Waals surface area contributed by atoms with Gasteiger partial charge < -0.3 is 10.5 Å². The Labute approximate surface area is 79.8 Å². The third-order valence-electron chi connectivity index (χ3n) is 1.85. The van der Waals surface area contributed by atoms with Gasteiger partial charge >= 0.3 is 0 Å². The first-order valence-corrected chi connectivity index (χ1v) is 7.81. The van der Waals surface area contributed by atoms with Crippen LogP contribution in [0.3, 0.4) is 0 Å². The van der Waals surface area contributed by atoms with Gasteiger partial charge in [-0.05, 0) is 24.3 Å². The topological polar surface area (TPSA) is 43.1 Å². The van der Waals surface area contributed by atoms with Crippen LogP contribution < -0.4 is 5.73 Å². The molecule has 0 spiro atoms. The van der Waals surface area contributed by atoms with E-state index in [1.54, 1.807) is 24.3 Å². The van der Waals surface area contributed by atoms with E-state index in [0.717, 1.165) is 5.56 Å². The average Bonchev–Trinajstić information content (AvgIpc) is 2.03. The molecule has 13 heavy (non-hydrogen) atoms. The Morgan fingerprint density at radius 2 is 1.62 bits per heavy atom. The summed E-state index contributed by atoms with van der Waals surface area (Å²) in [6, 6.07) is 7.15. The molecule has 3 heteroatoms. The van der Waals surface area contributed by atoms with Crippen molar-refractivity contribution >= 4 is 19.2 Å². The molecular formula is C10H15NOSi. The highest BCUT2D eigenvalue weighted by molar-refractivity contribution is 7.05. The van der Waals surface area contributed by atoms with Gasteiger partial charge in [-0.2, -0.15) is 0 Å². The van der Waals surface area contributed by atoms with Crippen LogP contribution in [0.5, 0.6) is 0 Å². The molecule has 0 saturated carbocycles. The summed E-state index contributed by atoms with van der Waals surface area (Å²) in [5.74, 6) is 0. The monoisotopic (exact) mass is 193 g/mol. The van der Waals surface area contributed by atoms with Crippen molar-refractivity contribution in [3.8, 4) is 0 Å². The van der Waals surface area contributed by atoms with Crippen LogP contribution in [-0.2, 0) is 0 Å². The molecule has 0 saturated heterocycles. The predicted octanol–water partition coefficient (Wildman–Crippen LogP) is 2.33. The Morgan fingerprint density at radius 1 is 1.15 bits per heavy atom. The molecule has 0 aromatic heterocycles. The molecule has 70 valence electrons. The lowest BCUT2D eigenvalue weighted by molar-refractivity contribution is 0.106. The molecule has 0 bridgehead atoms. The first-order valence-electron chi connectivity index (χ1n) is 4.31. The standard InChI is InChI=1S/C10H15NOSi/c1-13(2,3)10(12)8-4-6-9(11)7-5-8/h4-7H,11H2,1-3H3. The molecule has 0 heterocycles. The Hall–Kier alpha value is -1.09. The first-order chi connectivity index (χ1) is 5.91. The zero-order valence-corrected chi connectivity index (χ0v) is 9.29. The number of carbonyl (C=O) groups is 1. The molecule has 1 aromatic carbocycles. The summed E-state index contributed by atoms with van der Waals surface area (Å²) in [6.45, 7) is 6.14. The summed E-state index contributed by atoms with van der Waals surface area (Å²) in [6.07, 6.45) is 0. The predicted molar refractivity (Wildman–Crippen MR) is 58.5 cm³/mol. The lowest BCUT2D eigenvalue weighted by atomic mass is 10.2. The summed E-state index contributed by atoms with van der Waals surface area (Å²) in [7, 11) is -1.70. The third-order valence-corrected chi connectivity index (χ3v) is 3.51. The summed E-state index contributed by atoms with van der Waals surface area (Å²) < 4.78 is 0. The zero-order chi connectivity index (χ0) is 10.1. The van der Waals surface area contributed by atoms with Crippen molar-refractivity contribution in [2.45, 2.75) is 19.6 Å². The fraction of sp³-hybridized carbons (Fsp3) is 0.300. The molecule has 2 nitrogen and oxygen atoms in total. The van der Waals surface area contributed by atoms with Gasteiger partial charge in [0.25, 0.3) is 0 Å². The van der Waals surface area contributed by atoms with Gasteiger partial charge in [0.1, 0.15) is 13.5 Å². The fourth-order valence-electron chi connectivity index (χ4n) is 1.07. The van der Waals surface area contributed by atoms with E-state index in [9.17, 15) is 4.79 Å². The van der Waals surface area contributed by atoms with Crippen LogP contribution >= 0.6 is 0 Å². The molecule has 0 amide bonds. The molecular weight excluding hydrogens is 178 g/mol. The van der Waals surface area contributed by atoms with Gasteiger partial charge in [-0.15, -0.1) is 0 Å². The number of anilines is 1. The van der Waals surface area contributed by atoms with Crippen LogP contribution in [0.2, 0.25) is 19.6 Å². The highest BCUT2D eigenvalue weighted by Crippen LogP contribution is 2.13. The second-order valence-electron chi connectivity index (χ2n) is 4.20. The fourth-order valence-corrected chi connectivity index (χ4v) is 2.10. The molecule has 0 aliphatic carbocycles. The lowest BCUT2D eigenvalue weighted by Gasteiger charge is -2.13. The van der Waals surface area contributed by atoms with Crippen molar-refractivity contribution in [1.29, 1.82) is 0 Å². The molecule has 1 rings (SSSR count). The van der Waals surface area contributed by atoms with Crippen LogP contribution in [0.25, 0.3) is 0 Å². The highest BCUT2D eigenvalue weighted by Gasteiger charge is 2.24. The van der Waals surface area contributed by atoms with E-state index in [2.05, 4.69) is 0 Å². The van der Waals surface area contributed by atoms with Gasteiger partial charge in [0.05, 0.1) is 0 Å². The van der Waals surface area contributed by atoms with Gasteiger partial charge in [0, 0.05) is 11.3 Å². The maximum atomic E-state index is 11.8. The van der Waals surface area contributed by atoms with Crippen LogP contribution in [0.15, 0.2) is 24.3 Å². The molecule has 0 atom stereocenters. The number of nitrogen functional groups attached to an aromatic ring is 1. The van der Waals surface area contributed by atoms with Crippen molar-refractivity contribution in [1.82, 2.24) is 0 Å². The molecule has 1 aromatic rings. The summed E-state index contributed by atoms with van der Waals surface area (Å²) >= 11 is 0. The van der Waals surface area contributed by atoms with Gasteiger partial charge in [0.15, 0.2) is 0 Å². The van der Waals surface area contributed by atoms with Crippen molar-refractivity contribution in [2.24, 2.45) is 0 Å². The van der Waals surface area contributed by atoms with Crippen LogP contribution in [0.1, 0.15) is 10.4 Å². The number of rotatable bonds is 2. The number of hydrogen-bond acceptors (Lipinski definition) is 2. The van der Waals surface area contributed by atoms with E-state index in [1.165, 1.54) is 0 Å². The summed E-state index contributed by atoms with van der Waals surface area (Å²) in [5.41, 5.74) is 7.02. The SMILES string of the molecule is C[Si](C)(C)C(=O)c1ccc(N)cc1. The van der Waals surface area contributed by atoms with Gasteiger partial charge in [-0.25, -0.2) is 0 Å². The van der Waals surface area contributed by atoms with Crippen LogP contribution in [0, 0.1) is 0 Å². The van der Waals surface area contributed by atoms with Crippen molar-refractivity contribution < 1.29 is 4.79 Å². The molecule has 0 fully saturated rings. The second-order valence-corrected chi connectivity index (χ2v) is 9.16. The van der Waals surface area contributed by atoms with E-state index in [1.807, 2.05) is 19.6 Å². The molecule has 0 aliphatic heterocycles. The smallest absolute Gasteiger partial charge is 0.139 e. The minimum absolute atomic E-state index is 0.285. The Kier molecular flexibility index (Phi) is 2.57. The second kappa shape index (κ2) is 3.34. The van der Waals surface area contributed by atoms with Crippen LogP contribution in [-0.4, -0.2) is 13.5 Å². The number of benzene rings is 1. The van der Waals surface area contributed by atoms with E-state index in [0.29, 0.717) is 5.69 Å². The van der Waals surface area contributed by atoms with Crippen molar-refractivity contribution in [2.75, 3.05) is 5.73 Å². The Morgan fingerprint density at radius 3 is 2.00 bits per heavy atom. The highest BCUT2D eigenvalue weighted by atomic mass is 28.3. The summed E-state index contributed by atoms with van der Waals surface area (Å²) in [5, 5.41) is 0.285. The Bertz CT molecular complexity index is 311. The van der Waals surface area contributed by atoms with Gasteiger partial charge in [-0.1, -0.05) is 19.6 Å². The van der Waals surface area contributed by atoms with Crippen LogP contribution in [0.4, 0.5) is 5.69 Å². The quantitative estimate of drug-likeness (QED) is 0.578. The minimum Gasteiger partial charge on any atom is -0.399 e. The minimum atomic E-state index is -1.70. The van der Waals surface area contributed by atoms with E-state index < -0.39 is 8.07 Å². The lowest BCUT2D eigenvalue weighted by Crippen LogP contribution is -2.33. The van der Waals surface area contributed by atoms with E-state index >= 15 is 0 Å². The third kappa shape index (κ3) is 2.42. The summed E-state index contributed by atoms with van der Waals surface area (Å²) in [4.78, 5) is 11.8. The zero-order valence-electron chi connectivity index (χ0n) is 8.29. The average molecular weight is 193 g/mol. The van der Waals surface area contributed by atoms with E-state index in [4.69, 9.17) is 5.73 Å². The molecule has 2 N–H and O–H groups in total. The maximum absolute atomic E-state index is 11.8. The first kappa shape index (κ1) is 9.99. The molecule has 0 unspecified atom stereocenters.